The molecule has 0 aromatic heterocycles. The molecule has 0 aliphatic heterocycles. The fourth-order valence-electron chi connectivity index (χ4n) is 3.65. The quantitative estimate of drug-likeness (QED) is 0.293. The van der Waals surface area contributed by atoms with E-state index in [1.54, 1.807) is 24.3 Å². The standard InChI is InChI=1S/C21H30N4O7/c1-25(2,14-17(26)15-30-18-8-4-3-7-16(18)13-22)12-11-23-21(27)31-19-9-5-6-10-20(19)32-24(28)29/h3-4,7-8,17,19-20,26H,5-6,9-12,14-15H2,1-2H3/p+1. The van der Waals surface area contributed by atoms with Gasteiger partial charge in [-0.05, 0) is 31.4 Å². The highest BCUT2D eigenvalue weighted by atomic mass is 17.0. The molecule has 2 rings (SSSR count). The summed E-state index contributed by atoms with van der Waals surface area (Å²) < 4.78 is 11.3. The van der Waals surface area contributed by atoms with Gasteiger partial charge in [0.05, 0.1) is 32.7 Å². The van der Waals surface area contributed by atoms with E-state index < -0.39 is 29.5 Å². The van der Waals surface area contributed by atoms with Gasteiger partial charge >= 0.3 is 6.09 Å². The highest BCUT2D eigenvalue weighted by Crippen LogP contribution is 2.24. The Kier molecular flexibility index (Phi) is 9.49. The topological polar surface area (TPSA) is 144 Å². The van der Waals surface area contributed by atoms with Gasteiger partial charge < -0.3 is 29.2 Å². The van der Waals surface area contributed by atoms with Crippen molar-refractivity contribution < 1.29 is 33.8 Å². The number of carbonyl (C=O) groups is 1. The van der Waals surface area contributed by atoms with Crippen LogP contribution in [-0.2, 0) is 9.57 Å². The van der Waals surface area contributed by atoms with Crippen molar-refractivity contribution in [2.24, 2.45) is 0 Å². The highest BCUT2D eigenvalue weighted by molar-refractivity contribution is 5.67. The van der Waals surface area contributed by atoms with Gasteiger partial charge in [-0.2, -0.15) is 5.26 Å². The highest BCUT2D eigenvalue weighted by Gasteiger charge is 2.31. The van der Waals surface area contributed by atoms with E-state index in [0.29, 0.717) is 48.3 Å². The summed E-state index contributed by atoms with van der Waals surface area (Å²) in [5.74, 6) is 0.422. The third kappa shape index (κ3) is 8.56. The van der Waals surface area contributed by atoms with E-state index in [9.17, 15) is 20.0 Å². The van der Waals surface area contributed by atoms with Gasteiger partial charge in [0.2, 0.25) is 0 Å². The van der Waals surface area contributed by atoms with Crippen LogP contribution in [0.15, 0.2) is 24.3 Å². The number of rotatable bonds is 11. The van der Waals surface area contributed by atoms with Gasteiger partial charge in [-0.25, -0.2) is 4.79 Å². The molecular weight excluding hydrogens is 420 g/mol. The summed E-state index contributed by atoms with van der Waals surface area (Å²) in [6, 6.07) is 8.86. The smallest absolute Gasteiger partial charge is 0.407 e. The monoisotopic (exact) mass is 451 g/mol. The zero-order valence-electron chi connectivity index (χ0n) is 18.4. The van der Waals surface area contributed by atoms with Crippen LogP contribution in [0.1, 0.15) is 31.2 Å². The average Bonchev–Trinajstić information content (AvgIpc) is 2.73. The van der Waals surface area contributed by atoms with Gasteiger partial charge in [0.15, 0.2) is 0 Å². The van der Waals surface area contributed by atoms with Crippen LogP contribution in [-0.4, -0.2) is 79.4 Å². The minimum Gasteiger partial charge on any atom is -0.489 e. The molecule has 0 saturated heterocycles. The number of quaternary nitrogens is 1. The van der Waals surface area contributed by atoms with Crippen molar-refractivity contribution in [3.63, 3.8) is 0 Å². The third-order valence-corrected chi connectivity index (χ3v) is 5.25. The van der Waals surface area contributed by atoms with Crippen LogP contribution in [0.5, 0.6) is 5.75 Å². The molecule has 0 heterocycles. The maximum Gasteiger partial charge on any atom is 0.407 e. The summed E-state index contributed by atoms with van der Waals surface area (Å²) in [4.78, 5) is 27.4. The van der Waals surface area contributed by atoms with E-state index in [0.717, 1.165) is 12.8 Å². The van der Waals surface area contributed by atoms with Crippen LogP contribution < -0.4 is 10.1 Å². The number of hydrogen-bond acceptors (Lipinski definition) is 8. The molecule has 11 nitrogen and oxygen atoms in total. The Balaban J connectivity index is 1.72. The molecule has 1 aromatic carbocycles. The Morgan fingerprint density at radius 3 is 2.72 bits per heavy atom. The molecule has 32 heavy (non-hydrogen) atoms. The zero-order valence-corrected chi connectivity index (χ0v) is 18.4. The van der Waals surface area contributed by atoms with E-state index in [-0.39, 0.29) is 6.61 Å². The lowest BCUT2D eigenvalue weighted by atomic mass is 9.95. The van der Waals surface area contributed by atoms with Gasteiger partial charge in [-0.3, -0.25) is 0 Å². The Morgan fingerprint density at radius 2 is 2.03 bits per heavy atom. The maximum absolute atomic E-state index is 12.1. The number of carbonyl (C=O) groups excluding carboxylic acids is 1. The maximum atomic E-state index is 12.1. The number of nitrogens with zero attached hydrogens (tertiary/aromatic N) is 3. The van der Waals surface area contributed by atoms with E-state index in [1.165, 1.54) is 0 Å². The van der Waals surface area contributed by atoms with Crippen molar-refractivity contribution in [3.05, 3.63) is 39.9 Å². The normalized spacial score (nSPS) is 19.3. The van der Waals surface area contributed by atoms with Crippen LogP contribution in [0.4, 0.5) is 4.79 Å². The van der Waals surface area contributed by atoms with Crippen LogP contribution in [0, 0.1) is 21.4 Å². The number of amides is 1. The number of nitrogens with one attached hydrogen (secondary N) is 1. The van der Waals surface area contributed by atoms with Crippen LogP contribution in [0.2, 0.25) is 0 Å². The molecule has 176 valence electrons. The Labute approximate surface area is 187 Å². The summed E-state index contributed by atoms with van der Waals surface area (Å²) in [5, 5.41) is 31.8. The summed E-state index contributed by atoms with van der Waals surface area (Å²) >= 11 is 0. The number of ether oxygens (including phenoxy) is 2. The van der Waals surface area contributed by atoms with Crippen molar-refractivity contribution >= 4 is 6.09 Å². The molecule has 1 aromatic rings. The lowest BCUT2D eigenvalue weighted by molar-refractivity contribution is -0.892. The molecule has 0 bridgehead atoms. The van der Waals surface area contributed by atoms with Crippen molar-refractivity contribution in [2.75, 3.05) is 40.3 Å². The predicted molar refractivity (Wildman–Crippen MR) is 113 cm³/mol. The Hall–Kier alpha value is -3.10. The SMILES string of the molecule is C[N+](C)(CCNC(=O)OC1CCCCC1O[N+](=O)[O-])CC(O)COc1ccccc1C#N. The predicted octanol–water partition coefficient (Wildman–Crippen LogP) is 1.62. The van der Waals surface area contributed by atoms with Crippen molar-refractivity contribution in [1.29, 1.82) is 5.26 Å². The molecule has 3 unspecified atom stereocenters. The Bertz CT molecular complexity index is 812. The van der Waals surface area contributed by atoms with Crippen molar-refractivity contribution in [2.45, 2.75) is 44.0 Å². The van der Waals surface area contributed by atoms with Gasteiger partial charge in [-0.1, -0.05) is 18.6 Å². The number of benzene rings is 1. The largest absolute Gasteiger partial charge is 0.489 e. The van der Waals surface area contributed by atoms with Gasteiger partial charge in [0.25, 0.3) is 5.09 Å². The molecule has 1 fully saturated rings. The molecule has 1 aliphatic carbocycles. The van der Waals surface area contributed by atoms with Crippen molar-refractivity contribution in [1.82, 2.24) is 5.32 Å². The summed E-state index contributed by atoms with van der Waals surface area (Å²) in [5.41, 5.74) is 0.403. The summed E-state index contributed by atoms with van der Waals surface area (Å²) in [6.07, 6.45) is -0.198. The first-order valence-electron chi connectivity index (χ1n) is 10.6. The summed E-state index contributed by atoms with van der Waals surface area (Å²) in [6.45, 7) is 1.22. The van der Waals surface area contributed by atoms with Crippen LogP contribution in [0.25, 0.3) is 0 Å². The van der Waals surface area contributed by atoms with Gasteiger partial charge in [0.1, 0.15) is 43.3 Å². The zero-order chi connectivity index (χ0) is 23.6. The molecule has 0 spiro atoms. The fourth-order valence-corrected chi connectivity index (χ4v) is 3.65. The lowest BCUT2D eigenvalue weighted by Gasteiger charge is -2.32. The number of aliphatic hydroxyl groups is 1. The number of likely N-dealkylation sites (N-methyl/N-ethyl adjacent to an activating group) is 1. The Morgan fingerprint density at radius 1 is 1.34 bits per heavy atom. The first kappa shape index (κ1) is 25.2. The van der Waals surface area contributed by atoms with Crippen LogP contribution >= 0.6 is 0 Å². The van der Waals surface area contributed by atoms with Gasteiger partial charge in [-0.15, -0.1) is 10.1 Å². The van der Waals surface area contributed by atoms with E-state index in [1.807, 2.05) is 20.2 Å². The average molecular weight is 452 g/mol. The second kappa shape index (κ2) is 12.1. The van der Waals surface area contributed by atoms with Crippen LogP contribution in [0.3, 0.4) is 0 Å². The molecule has 2 N–H and O–H groups in total. The number of hydrogen-bond donors (Lipinski definition) is 2. The summed E-state index contributed by atoms with van der Waals surface area (Å²) in [7, 11) is 3.81. The first-order chi connectivity index (χ1) is 15.2. The molecule has 11 heteroatoms. The number of aliphatic hydroxyl groups excluding tert-OH is 1. The molecular formula is C21H31N4O7+. The molecule has 1 amide bonds. The molecule has 1 saturated carbocycles. The van der Waals surface area contributed by atoms with E-state index in [4.69, 9.17) is 14.7 Å². The number of alkyl carbamates (subject to hydrolysis) is 1. The van der Waals surface area contributed by atoms with E-state index in [2.05, 4.69) is 10.2 Å². The van der Waals surface area contributed by atoms with Gasteiger partial charge in [0, 0.05) is 0 Å². The number of nitriles is 1. The van der Waals surface area contributed by atoms with Crippen molar-refractivity contribution in [3.8, 4) is 11.8 Å². The number of para-hydroxylation sites is 1. The second-order valence-corrected chi connectivity index (χ2v) is 8.44. The fraction of sp³-hybridized carbons (Fsp3) is 0.619. The minimum absolute atomic E-state index is 0.0371. The lowest BCUT2D eigenvalue weighted by Crippen LogP contribution is -2.50. The third-order valence-electron chi connectivity index (χ3n) is 5.25. The first-order valence-corrected chi connectivity index (χ1v) is 10.6. The molecule has 0 radical (unpaired) electrons. The minimum atomic E-state index is -0.849. The second-order valence-electron chi connectivity index (χ2n) is 8.44. The molecule has 1 aliphatic rings. The van der Waals surface area contributed by atoms with E-state index >= 15 is 0 Å². The molecule has 3 atom stereocenters.